The molecule has 0 saturated heterocycles. The summed E-state index contributed by atoms with van der Waals surface area (Å²) in [4.78, 5) is 49.6. The van der Waals surface area contributed by atoms with E-state index in [0.717, 1.165) is 55.4 Å². The maximum absolute atomic E-state index is 12.6. The lowest BCUT2D eigenvalue weighted by atomic mass is 10.1. The first-order valence-electron chi connectivity index (χ1n) is 19.4. The zero-order valence-corrected chi connectivity index (χ0v) is 34.6. The highest BCUT2D eigenvalue weighted by atomic mass is 32.2. The molecule has 0 fully saturated rings. The number of aromatic amines is 4. The van der Waals surface area contributed by atoms with Crippen LogP contribution in [0.2, 0.25) is 0 Å². The normalized spacial score (nSPS) is 11.2. The molecule has 4 aromatic heterocycles. The molecular weight excluding hydrogens is 839 g/mol. The Hall–Kier alpha value is -8.55. The van der Waals surface area contributed by atoms with Crippen LogP contribution in [-0.4, -0.2) is 76.9 Å². The molecule has 320 valence electrons. The Morgan fingerprint density at radius 2 is 1.19 bits per heavy atom. The monoisotopic (exact) mass is 875 g/mol. The molecule has 1 amide bonds. The molecule has 64 heavy (non-hydrogen) atoms. The van der Waals surface area contributed by atoms with Gasteiger partial charge in [-0.1, -0.05) is 60.7 Å². The average Bonchev–Trinajstić information content (AvgIpc) is 4.12. The van der Waals surface area contributed by atoms with Gasteiger partial charge < -0.3 is 26.1 Å². The predicted molar refractivity (Wildman–Crippen MR) is 241 cm³/mol. The summed E-state index contributed by atoms with van der Waals surface area (Å²) in [6.07, 6.45) is 1.18. The number of nitrogens with one attached hydrogen (secondary N) is 5. The van der Waals surface area contributed by atoms with Crippen molar-refractivity contribution < 1.29 is 28.0 Å². The molecule has 0 unspecified atom stereocenters. The van der Waals surface area contributed by atoms with Crippen molar-refractivity contribution in [3.63, 3.8) is 0 Å². The zero-order valence-electron chi connectivity index (χ0n) is 33.7. The Balaban J connectivity index is 0.000000146. The molecule has 18 nitrogen and oxygen atoms in total. The number of carboxylic acids is 1. The van der Waals surface area contributed by atoms with Crippen molar-refractivity contribution in [2.45, 2.75) is 18.0 Å². The minimum Gasteiger partial charge on any atom is -0.478 e. The van der Waals surface area contributed by atoms with Crippen LogP contribution in [0.5, 0.6) is 0 Å². The molecule has 4 heterocycles. The van der Waals surface area contributed by atoms with E-state index in [1.54, 1.807) is 66.7 Å². The minimum absolute atomic E-state index is 0.0141. The average molecular weight is 876 g/mol. The summed E-state index contributed by atoms with van der Waals surface area (Å²) in [6.45, 7) is 0.701. The number of fused-ring (bicyclic) bond motifs is 4. The number of carbonyl (C=O) groups is 2. The Morgan fingerprint density at radius 1 is 0.688 bits per heavy atom. The Labute approximate surface area is 362 Å². The van der Waals surface area contributed by atoms with E-state index in [2.05, 4.69) is 45.6 Å². The van der Waals surface area contributed by atoms with Crippen LogP contribution in [0.15, 0.2) is 138 Å². The number of amides is 1. The van der Waals surface area contributed by atoms with Gasteiger partial charge in [0.05, 0.1) is 48.5 Å². The summed E-state index contributed by atoms with van der Waals surface area (Å²) < 4.78 is 22.0. The molecule has 0 radical (unpaired) electrons. The first-order chi connectivity index (χ1) is 30.8. The number of nitrogens with two attached hydrogens (primary N) is 1. The van der Waals surface area contributed by atoms with Crippen LogP contribution >= 0.6 is 0 Å². The fourth-order valence-corrected chi connectivity index (χ4v) is 7.33. The summed E-state index contributed by atoms with van der Waals surface area (Å²) in [5.41, 5.74) is 13.9. The number of sulfone groups is 1. The van der Waals surface area contributed by atoms with Gasteiger partial charge in [-0.25, -0.2) is 23.2 Å². The van der Waals surface area contributed by atoms with Crippen LogP contribution < -0.4 is 11.1 Å². The Kier molecular flexibility index (Phi) is 11.7. The van der Waals surface area contributed by atoms with E-state index >= 15 is 0 Å². The number of para-hydroxylation sites is 2. The lowest BCUT2D eigenvalue weighted by Gasteiger charge is -2.05. The highest BCUT2D eigenvalue weighted by molar-refractivity contribution is 7.90. The molecule has 0 spiro atoms. The first kappa shape index (κ1) is 42.2. The summed E-state index contributed by atoms with van der Waals surface area (Å²) >= 11 is 0. The van der Waals surface area contributed by atoms with Gasteiger partial charge in [-0.2, -0.15) is 10.2 Å². The van der Waals surface area contributed by atoms with Gasteiger partial charge in [0.1, 0.15) is 11.4 Å². The summed E-state index contributed by atoms with van der Waals surface area (Å²) in [7, 11) is -3.07. The largest absolute Gasteiger partial charge is 0.478 e. The molecule has 19 heteroatoms. The fraction of sp³-hybridized carbons (Fsp3) is 0.0667. The van der Waals surface area contributed by atoms with Gasteiger partial charge in [0, 0.05) is 47.8 Å². The van der Waals surface area contributed by atoms with Crippen molar-refractivity contribution in [1.82, 2.24) is 45.6 Å². The van der Waals surface area contributed by atoms with Gasteiger partial charge in [-0.3, -0.25) is 25.1 Å². The number of hydrogen-bond acceptors (Lipinski definition) is 11. The summed E-state index contributed by atoms with van der Waals surface area (Å²) in [6, 6.07) is 38.2. The molecular formula is C45H37N11O7S. The van der Waals surface area contributed by atoms with Crippen LogP contribution in [0.25, 0.3) is 66.9 Å². The van der Waals surface area contributed by atoms with Crippen LogP contribution in [-0.2, 0) is 22.9 Å². The third-order valence-electron chi connectivity index (χ3n) is 10.0. The van der Waals surface area contributed by atoms with E-state index < -0.39 is 20.7 Å². The number of carboxylic acid groups (broad SMARTS) is 1. The van der Waals surface area contributed by atoms with Crippen LogP contribution in [0.4, 0.5) is 5.69 Å². The maximum atomic E-state index is 12.6. The van der Waals surface area contributed by atoms with Crippen LogP contribution in [0.1, 0.15) is 31.8 Å². The van der Waals surface area contributed by atoms with Gasteiger partial charge >= 0.3 is 5.97 Å². The number of H-pyrrole nitrogens is 4. The Bertz CT molecular complexity index is 3450. The molecule has 8 N–H and O–H groups in total. The summed E-state index contributed by atoms with van der Waals surface area (Å²) in [5, 5.41) is 39.1. The molecule has 6 aromatic carbocycles. The number of nitro benzene ring substituents is 1. The number of aromatic nitrogens is 8. The highest BCUT2D eigenvalue weighted by Crippen LogP contribution is 2.28. The van der Waals surface area contributed by atoms with Crippen LogP contribution in [0, 0.1) is 10.1 Å². The molecule has 0 aliphatic rings. The molecule has 0 aliphatic carbocycles. The smallest absolute Gasteiger partial charge is 0.335 e. The van der Waals surface area contributed by atoms with Crippen molar-refractivity contribution >= 4 is 71.3 Å². The topological polar surface area (TPSA) is 284 Å². The molecule has 0 aliphatic heterocycles. The van der Waals surface area contributed by atoms with Gasteiger partial charge in [-0.05, 0) is 71.8 Å². The molecule has 0 bridgehead atoms. The summed E-state index contributed by atoms with van der Waals surface area (Å²) in [5.74, 6) is 0.0285. The van der Waals surface area contributed by atoms with Gasteiger partial charge in [0.15, 0.2) is 21.5 Å². The molecule has 10 aromatic rings. The van der Waals surface area contributed by atoms with Crippen molar-refractivity contribution in [1.29, 1.82) is 0 Å². The third-order valence-corrected chi connectivity index (χ3v) is 11.2. The van der Waals surface area contributed by atoms with E-state index in [4.69, 9.17) is 10.8 Å². The molecule has 0 atom stereocenters. The number of nitrogens with zero attached hydrogens (tertiary/aromatic N) is 5. The van der Waals surface area contributed by atoms with Crippen molar-refractivity contribution in [3.05, 3.63) is 166 Å². The second kappa shape index (κ2) is 17.8. The number of benzene rings is 6. The lowest BCUT2D eigenvalue weighted by Crippen LogP contribution is -2.22. The third kappa shape index (κ3) is 9.20. The van der Waals surface area contributed by atoms with Gasteiger partial charge in [0.2, 0.25) is 0 Å². The quantitative estimate of drug-likeness (QED) is 0.0556. The van der Waals surface area contributed by atoms with Gasteiger partial charge in [-0.15, -0.1) is 0 Å². The highest BCUT2D eigenvalue weighted by Gasteiger charge is 2.16. The van der Waals surface area contributed by atoms with Crippen molar-refractivity contribution in [2.75, 3.05) is 6.26 Å². The number of hydrogen-bond donors (Lipinski definition) is 7. The number of rotatable bonds is 9. The SMILES string of the molecule is CS(=O)(=O)c1ccc(CN)cc1.O=C(NCc1ccc([N+](=O)[O-])cc1)c1ccc2nc(-c3n[nH]c4ccccc34)[nH]c2c1.O=C(O)c1ccc2nc(-c3n[nH]c4ccccc34)[nH]c2c1. The number of imidazole rings is 2. The molecule has 0 saturated carbocycles. The standard InChI is InChI=1S/C22H16N6O3.C15H10N4O2.C8H11NO2S/c29-22(23-12-13-5-8-15(9-6-13)28(30)31)14-7-10-18-19(11-14)25-21(24-18)20-16-3-1-2-4-17(16)26-27-20;20-15(21)8-5-6-11-12(7-8)17-14(16-11)13-9-3-1-2-4-10(9)18-19-13;1-12(10,11)8-4-2-7(6-9)3-5-8/h1-11H,12H2,(H,23,29)(H,24,25)(H,26,27);1-7H,(H,16,17)(H,18,19)(H,20,21);2-5H,6,9H2,1H3. The van der Waals surface area contributed by atoms with E-state index in [1.165, 1.54) is 24.5 Å². The second-order valence-corrected chi connectivity index (χ2v) is 16.4. The number of nitro groups is 1. The van der Waals surface area contributed by atoms with Crippen molar-refractivity contribution in [2.24, 2.45) is 5.73 Å². The maximum Gasteiger partial charge on any atom is 0.335 e. The number of aromatic carboxylic acids is 1. The van der Waals surface area contributed by atoms with E-state index in [-0.39, 0.29) is 23.7 Å². The van der Waals surface area contributed by atoms with E-state index in [9.17, 15) is 28.1 Å². The van der Waals surface area contributed by atoms with Crippen LogP contribution in [0.3, 0.4) is 0 Å². The number of carbonyl (C=O) groups excluding carboxylic acids is 1. The lowest BCUT2D eigenvalue weighted by molar-refractivity contribution is -0.384. The predicted octanol–water partition coefficient (Wildman–Crippen LogP) is 7.30. The Morgan fingerprint density at radius 3 is 1.69 bits per heavy atom. The zero-order chi connectivity index (χ0) is 45.0. The van der Waals surface area contributed by atoms with Crippen molar-refractivity contribution in [3.8, 4) is 23.0 Å². The van der Waals surface area contributed by atoms with E-state index in [1.807, 2.05) is 48.5 Å². The second-order valence-electron chi connectivity index (χ2n) is 14.4. The van der Waals surface area contributed by atoms with Gasteiger partial charge in [0.25, 0.3) is 11.6 Å². The first-order valence-corrected chi connectivity index (χ1v) is 21.3. The van der Waals surface area contributed by atoms with E-state index in [0.29, 0.717) is 39.7 Å². The number of non-ortho nitro benzene ring substituents is 1. The minimum atomic E-state index is -3.07. The molecule has 10 rings (SSSR count). The fourth-order valence-electron chi connectivity index (χ4n) is 6.70.